The number of fused-ring (bicyclic) bond motifs is 2. The van der Waals surface area contributed by atoms with Gasteiger partial charge in [0, 0.05) is 31.4 Å². The summed E-state index contributed by atoms with van der Waals surface area (Å²) in [7, 11) is -3.23. The van der Waals surface area contributed by atoms with E-state index in [1.807, 2.05) is 42.7 Å². The highest BCUT2D eigenvalue weighted by molar-refractivity contribution is 7.98. The van der Waals surface area contributed by atoms with Gasteiger partial charge in [0.15, 0.2) is 5.16 Å². The lowest BCUT2D eigenvalue weighted by Crippen LogP contribution is -2.70. The second-order valence-corrected chi connectivity index (χ2v) is 9.50. The smallest absolute Gasteiger partial charge is 0.215 e. The lowest BCUT2D eigenvalue weighted by Gasteiger charge is -2.55. The van der Waals surface area contributed by atoms with Crippen molar-refractivity contribution < 1.29 is 8.42 Å². The maximum atomic E-state index is 12.8. The van der Waals surface area contributed by atoms with Gasteiger partial charge in [0.25, 0.3) is 0 Å². The van der Waals surface area contributed by atoms with Crippen molar-refractivity contribution in [3.63, 3.8) is 0 Å². The second kappa shape index (κ2) is 7.17. The zero-order valence-corrected chi connectivity index (χ0v) is 16.3. The van der Waals surface area contributed by atoms with Crippen LogP contribution in [0.5, 0.6) is 0 Å². The molecule has 0 amide bonds. The van der Waals surface area contributed by atoms with E-state index in [1.165, 1.54) is 11.8 Å². The molecule has 2 unspecified atom stereocenters. The van der Waals surface area contributed by atoms with E-state index < -0.39 is 10.0 Å². The van der Waals surface area contributed by atoms with Gasteiger partial charge >= 0.3 is 0 Å². The Bertz CT molecular complexity index is 864. The molecule has 0 radical (unpaired) electrons. The molecule has 5 rings (SSSR count). The van der Waals surface area contributed by atoms with Crippen LogP contribution in [0, 0.1) is 0 Å². The quantitative estimate of drug-likeness (QED) is 0.555. The number of piperidine rings is 1. The fourth-order valence-electron chi connectivity index (χ4n) is 3.82. The Morgan fingerprint density at radius 2 is 1.88 bits per heavy atom. The number of thioether (sulfide) groups is 1. The topological polar surface area (TPSA) is 66.4 Å². The average molecular weight is 391 g/mol. The van der Waals surface area contributed by atoms with Crippen molar-refractivity contribution in [2.24, 2.45) is 0 Å². The Kier molecular flexibility index (Phi) is 4.90. The van der Waals surface area contributed by atoms with Gasteiger partial charge in [-0.3, -0.25) is 0 Å². The van der Waals surface area contributed by atoms with Crippen molar-refractivity contribution in [3.8, 4) is 0 Å². The van der Waals surface area contributed by atoms with Gasteiger partial charge in [-0.25, -0.2) is 18.4 Å². The predicted molar refractivity (Wildman–Crippen MR) is 104 cm³/mol. The van der Waals surface area contributed by atoms with E-state index in [1.54, 1.807) is 10.5 Å². The molecule has 4 heterocycles. The van der Waals surface area contributed by atoms with Crippen LogP contribution in [0.25, 0.3) is 0 Å². The van der Waals surface area contributed by atoms with Gasteiger partial charge in [-0.05, 0) is 30.7 Å². The van der Waals surface area contributed by atoms with Crippen LogP contribution in [0.1, 0.15) is 12.0 Å². The first-order chi connectivity index (χ1) is 12.6. The van der Waals surface area contributed by atoms with Crippen molar-refractivity contribution in [1.82, 2.24) is 14.3 Å². The van der Waals surface area contributed by atoms with Crippen molar-refractivity contribution >= 4 is 27.6 Å². The van der Waals surface area contributed by atoms with Gasteiger partial charge < -0.3 is 4.90 Å². The predicted octanol–water partition coefficient (Wildman–Crippen LogP) is 2.03. The molecule has 138 valence electrons. The molecule has 3 saturated heterocycles. The van der Waals surface area contributed by atoms with Gasteiger partial charge in [0.1, 0.15) is 5.82 Å². The summed E-state index contributed by atoms with van der Waals surface area (Å²) in [6, 6.07) is 11.8. The Hall–Kier alpha value is -1.64. The summed E-state index contributed by atoms with van der Waals surface area (Å²) in [6.07, 6.45) is 5.23. The second-order valence-electron chi connectivity index (χ2n) is 6.73. The van der Waals surface area contributed by atoms with E-state index in [0.717, 1.165) is 23.0 Å². The van der Waals surface area contributed by atoms with Gasteiger partial charge in [-0.2, -0.15) is 4.31 Å². The number of anilines is 1. The van der Waals surface area contributed by atoms with Crippen LogP contribution in [0.2, 0.25) is 0 Å². The van der Waals surface area contributed by atoms with Gasteiger partial charge in [-0.15, -0.1) is 0 Å². The minimum absolute atomic E-state index is 0.0576. The van der Waals surface area contributed by atoms with Gasteiger partial charge in [0.05, 0.1) is 5.75 Å². The van der Waals surface area contributed by atoms with Crippen molar-refractivity contribution in [3.05, 3.63) is 48.2 Å². The van der Waals surface area contributed by atoms with Crippen LogP contribution < -0.4 is 4.90 Å². The van der Waals surface area contributed by atoms with E-state index in [0.29, 0.717) is 19.5 Å². The molecule has 3 fully saturated rings. The molecule has 6 nitrogen and oxygen atoms in total. The number of aryl methyl sites for hydroxylation is 1. The molecule has 3 aliphatic rings. The summed E-state index contributed by atoms with van der Waals surface area (Å²) in [4.78, 5) is 10.9. The van der Waals surface area contributed by atoms with Crippen LogP contribution in [0.4, 0.5) is 5.82 Å². The summed E-state index contributed by atoms with van der Waals surface area (Å²) >= 11 is 1.51. The lowest BCUT2D eigenvalue weighted by atomic mass is 9.91. The van der Waals surface area contributed by atoms with Crippen LogP contribution in [0.3, 0.4) is 0 Å². The molecule has 1 aromatic heterocycles. The van der Waals surface area contributed by atoms with Crippen LogP contribution >= 0.6 is 11.8 Å². The molecule has 2 atom stereocenters. The monoisotopic (exact) mass is 390 g/mol. The first-order valence-electron chi connectivity index (χ1n) is 8.74. The number of benzene rings is 1. The molecule has 0 aliphatic carbocycles. The number of aromatic nitrogens is 2. The number of hydrogen-bond acceptors (Lipinski definition) is 6. The third-order valence-electron chi connectivity index (χ3n) is 5.06. The molecule has 2 bridgehead atoms. The van der Waals surface area contributed by atoms with Gasteiger partial charge in [-0.1, -0.05) is 42.1 Å². The maximum absolute atomic E-state index is 12.8. The maximum Gasteiger partial charge on any atom is 0.215 e. The number of nitrogens with zero attached hydrogens (tertiary/aromatic N) is 4. The van der Waals surface area contributed by atoms with Crippen molar-refractivity contribution in [1.29, 1.82) is 0 Å². The van der Waals surface area contributed by atoms with Gasteiger partial charge in [0.2, 0.25) is 10.0 Å². The summed E-state index contributed by atoms with van der Waals surface area (Å²) in [6.45, 7) is 1.40. The fraction of sp³-hybridized carbons (Fsp3) is 0.444. The molecule has 0 spiro atoms. The Morgan fingerprint density at radius 3 is 2.58 bits per heavy atom. The number of rotatable bonds is 6. The summed E-state index contributed by atoms with van der Waals surface area (Å²) in [5, 5.41) is 0.745. The third-order valence-corrected chi connectivity index (χ3v) is 7.58. The van der Waals surface area contributed by atoms with E-state index >= 15 is 0 Å². The van der Waals surface area contributed by atoms with Crippen molar-refractivity contribution in [2.45, 2.75) is 30.1 Å². The molecule has 0 saturated carbocycles. The Morgan fingerprint density at radius 1 is 1.15 bits per heavy atom. The zero-order chi connectivity index (χ0) is 18.1. The Balaban J connectivity index is 1.41. The van der Waals surface area contributed by atoms with Crippen LogP contribution in [-0.4, -0.2) is 59.9 Å². The molecule has 8 heteroatoms. The summed E-state index contributed by atoms with van der Waals surface area (Å²) in [5.41, 5.74) is 1.06. The normalized spacial score (nSPS) is 22.9. The van der Waals surface area contributed by atoms with Crippen LogP contribution in [-0.2, 0) is 16.4 Å². The fourth-order valence-corrected chi connectivity index (χ4v) is 6.09. The summed E-state index contributed by atoms with van der Waals surface area (Å²) < 4.78 is 27.4. The zero-order valence-electron chi connectivity index (χ0n) is 14.7. The van der Waals surface area contributed by atoms with Crippen molar-refractivity contribution in [2.75, 3.05) is 30.0 Å². The van der Waals surface area contributed by atoms with E-state index in [2.05, 4.69) is 14.9 Å². The molecule has 0 N–H and O–H groups in total. The van der Waals surface area contributed by atoms with E-state index in [9.17, 15) is 8.42 Å². The molecule has 1 aromatic carbocycles. The first kappa shape index (κ1) is 17.8. The highest BCUT2D eigenvalue weighted by Crippen LogP contribution is 2.36. The number of hydrogen-bond donors (Lipinski definition) is 0. The largest absolute Gasteiger partial charge is 0.353 e. The molecule has 3 aliphatic heterocycles. The standard InChI is InChI=1S/C18H22N4O2S2/c1-25-18-19-9-7-17(20-18)21-12-15-11-16(13-21)22(15)26(23,24)10-8-14-5-3-2-4-6-14/h2-7,9,15-16H,8,10-13H2,1H3. The summed E-state index contributed by atoms with van der Waals surface area (Å²) in [5.74, 6) is 1.06. The molecule has 26 heavy (non-hydrogen) atoms. The first-order valence-corrected chi connectivity index (χ1v) is 11.6. The lowest BCUT2D eigenvalue weighted by molar-refractivity contribution is 0.0874. The highest BCUT2D eigenvalue weighted by Gasteiger charge is 2.50. The highest BCUT2D eigenvalue weighted by atomic mass is 32.2. The Labute approximate surface area is 158 Å². The molecular formula is C18H22N4O2S2. The average Bonchev–Trinajstić information content (AvgIpc) is 2.67. The molecule has 2 aromatic rings. The molecular weight excluding hydrogens is 368 g/mol. The minimum Gasteiger partial charge on any atom is -0.353 e. The van der Waals surface area contributed by atoms with Crippen LogP contribution in [0.15, 0.2) is 47.8 Å². The van der Waals surface area contributed by atoms with E-state index in [-0.39, 0.29) is 17.8 Å². The van der Waals surface area contributed by atoms with E-state index in [4.69, 9.17) is 0 Å². The number of piperazine rings is 1. The SMILES string of the molecule is CSc1nccc(N2CC3CC(C2)N3S(=O)(=O)CCc2ccccc2)n1. The number of sulfonamides is 1. The third kappa shape index (κ3) is 3.45. The minimum atomic E-state index is -3.23.